The van der Waals surface area contributed by atoms with Crippen molar-refractivity contribution in [2.24, 2.45) is 5.92 Å². The van der Waals surface area contributed by atoms with Gasteiger partial charge in [0.05, 0.1) is 6.61 Å². The van der Waals surface area contributed by atoms with Gasteiger partial charge in [0.25, 0.3) is 5.91 Å². The van der Waals surface area contributed by atoms with Gasteiger partial charge in [-0.25, -0.2) is 13.4 Å². The molecule has 1 atom stereocenters. The fourth-order valence-electron chi connectivity index (χ4n) is 3.43. The molecule has 8 nitrogen and oxygen atoms in total. The Morgan fingerprint density at radius 3 is 2.86 bits per heavy atom. The average Bonchev–Trinajstić information content (AvgIpc) is 3.23. The van der Waals surface area contributed by atoms with E-state index in [0.717, 1.165) is 26.1 Å². The highest BCUT2D eigenvalue weighted by atomic mass is 32.2. The van der Waals surface area contributed by atoms with E-state index in [9.17, 15) is 18.3 Å². The smallest absolute Gasteiger partial charge is 0.326 e. The van der Waals surface area contributed by atoms with E-state index in [2.05, 4.69) is 0 Å². The molecule has 0 spiro atoms. The minimum absolute atomic E-state index is 0.0871. The molecule has 28 heavy (non-hydrogen) atoms. The van der Waals surface area contributed by atoms with Crippen LogP contribution >= 0.6 is 0 Å². The molecule has 0 aliphatic carbocycles. The second-order valence-corrected chi connectivity index (χ2v) is 8.44. The number of rotatable bonds is 5. The van der Waals surface area contributed by atoms with Crippen LogP contribution in [0.5, 0.6) is 11.5 Å². The maximum atomic E-state index is 15.1. The predicted molar refractivity (Wildman–Crippen MR) is 99.0 cm³/mol. The molecule has 2 saturated heterocycles. The number of carbonyl (C=O) groups excluding carboxylic acids is 1. The van der Waals surface area contributed by atoms with Crippen LogP contribution in [-0.2, 0) is 19.7 Å². The molecule has 0 aromatic heterocycles. The highest BCUT2D eigenvalue weighted by molar-refractivity contribution is 7.92. The van der Waals surface area contributed by atoms with Crippen LogP contribution < -0.4 is 13.8 Å². The number of benzene rings is 2. The number of hydrogen-bond acceptors (Lipinski definition) is 6. The van der Waals surface area contributed by atoms with Crippen molar-refractivity contribution in [1.82, 2.24) is 4.72 Å². The van der Waals surface area contributed by atoms with Crippen LogP contribution in [0.3, 0.4) is 0 Å². The summed E-state index contributed by atoms with van der Waals surface area (Å²) in [6, 6.07) is 5.95. The number of fused-ring (bicyclic) bond motifs is 1. The summed E-state index contributed by atoms with van der Waals surface area (Å²) in [7, 11) is -4.25. The van der Waals surface area contributed by atoms with Crippen molar-refractivity contribution >= 4 is 32.6 Å². The Kier molecular flexibility index (Phi) is 4.76. The summed E-state index contributed by atoms with van der Waals surface area (Å²) in [5.74, 6) is -1.43. The van der Waals surface area contributed by atoms with Crippen LogP contribution in [0.25, 0.3) is 10.8 Å². The number of ether oxygens (including phenoxy) is 2. The fourth-order valence-corrected chi connectivity index (χ4v) is 4.60. The predicted octanol–water partition coefficient (Wildman–Crippen LogP) is 1.67. The Bertz CT molecular complexity index is 1040. The van der Waals surface area contributed by atoms with Crippen molar-refractivity contribution in [2.45, 2.75) is 12.8 Å². The normalized spacial score (nSPS) is 21.2. The van der Waals surface area contributed by atoms with E-state index in [1.807, 2.05) is 0 Å². The molecule has 0 bridgehead atoms. The van der Waals surface area contributed by atoms with Gasteiger partial charge in [-0.05, 0) is 42.3 Å². The van der Waals surface area contributed by atoms with Gasteiger partial charge < -0.3 is 14.6 Å². The monoisotopic (exact) mass is 410 g/mol. The van der Waals surface area contributed by atoms with E-state index in [-0.39, 0.29) is 5.39 Å². The third-order valence-electron chi connectivity index (χ3n) is 4.89. The lowest BCUT2D eigenvalue weighted by Gasteiger charge is -2.18. The highest BCUT2D eigenvalue weighted by Crippen LogP contribution is 2.39. The first-order valence-corrected chi connectivity index (χ1v) is 10.3. The first-order valence-electron chi connectivity index (χ1n) is 8.84. The highest BCUT2D eigenvalue weighted by Gasteiger charge is 2.37. The Morgan fingerprint density at radius 1 is 1.36 bits per heavy atom. The number of nitrogens with one attached hydrogen (secondary N) is 1. The first kappa shape index (κ1) is 18.8. The number of phenolic OH excluding ortho intramolecular Hbond substituents is 1. The van der Waals surface area contributed by atoms with E-state index >= 15 is 4.39 Å². The third-order valence-corrected chi connectivity index (χ3v) is 6.27. The second-order valence-electron chi connectivity index (χ2n) is 6.84. The summed E-state index contributed by atoms with van der Waals surface area (Å²) in [5, 5.41) is 10.6. The molecule has 0 saturated carbocycles. The Hall–Kier alpha value is -2.59. The van der Waals surface area contributed by atoms with Gasteiger partial charge in [-0.15, -0.1) is 0 Å². The van der Waals surface area contributed by atoms with E-state index in [0.29, 0.717) is 28.0 Å². The van der Waals surface area contributed by atoms with Gasteiger partial charge >= 0.3 is 10.2 Å². The topological polar surface area (TPSA) is 105 Å². The van der Waals surface area contributed by atoms with E-state index in [4.69, 9.17) is 9.47 Å². The summed E-state index contributed by atoms with van der Waals surface area (Å²) >= 11 is 0. The van der Waals surface area contributed by atoms with Crippen LogP contribution in [0, 0.1) is 11.7 Å². The van der Waals surface area contributed by atoms with Gasteiger partial charge in [0, 0.05) is 18.6 Å². The zero-order chi connectivity index (χ0) is 19.9. The van der Waals surface area contributed by atoms with Gasteiger partial charge in [0.1, 0.15) is 23.7 Å². The van der Waals surface area contributed by atoms with Crippen molar-refractivity contribution in [1.29, 1.82) is 0 Å². The van der Waals surface area contributed by atoms with Crippen LogP contribution in [0.2, 0.25) is 0 Å². The Labute approximate surface area is 161 Å². The van der Waals surface area contributed by atoms with Crippen LogP contribution in [-0.4, -0.2) is 45.8 Å². The number of hydrogen-bond donors (Lipinski definition) is 2. The zero-order valence-electron chi connectivity index (χ0n) is 14.9. The molecule has 1 amide bonds. The number of aromatic hydroxyl groups is 1. The molecular formula is C18H19FN2O6S. The van der Waals surface area contributed by atoms with Crippen molar-refractivity contribution in [3.8, 4) is 11.5 Å². The minimum Gasteiger partial charge on any atom is -0.506 e. The summed E-state index contributed by atoms with van der Waals surface area (Å²) in [6.07, 6.45) is 1.82. The van der Waals surface area contributed by atoms with E-state index in [1.165, 1.54) is 12.1 Å². The van der Waals surface area contributed by atoms with Crippen LogP contribution in [0.1, 0.15) is 12.8 Å². The quantitative estimate of drug-likeness (QED) is 0.777. The van der Waals surface area contributed by atoms with Crippen molar-refractivity contribution in [2.75, 3.05) is 30.7 Å². The van der Waals surface area contributed by atoms with Crippen LogP contribution in [0.4, 0.5) is 10.1 Å². The van der Waals surface area contributed by atoms with Gasteiger partial charge in [-0.2, -0.15) is 8.42 Å². The minimum atomic E-state index is -4.25. The molecule has 10 heteroatoms. The van der Waals surface area contributed by atoms with E-state index < -0.39 is 39.9 Å². The Balaban J connectivity index is 1.63. The molecule has 150 valence electrons. The summed E-state index contributed by atoms with van der Waals surface area (Å²) in [5.41, 5.74) is -0.564. The van der Waals surface area contributed by atoms with Gasteiger partial charge in [0.2, 0.25) is 0 Å². The number of amides is 1. The average molecular weight is 410 g/mol. The maximum Gasteiger partial charge on any atom is 0.326 e. The van der Waals surface area contributed by atoms with Crippen LogP contribution in [0.15, 0.2) is 24.3 Å². The zero-order valence-corrected chi connectivity index (χ0v) is 15.7. The Morgan fingerprint density at radius 2 is 2.18 bits per heavy atom. The number of phenols is 1. The molecule has 2 heterocycles. The largest absolute Gasteiger partial charge is 0.506 e. The number of halogens is 1. The molecule has 2 N–H and O–H groups in total. The summed E-state index contributed by atoms with van der Waals surface area (Å²) in [6.45, 7) is 1.33. The summed E-state index contributed by atoms with van der Waals surface area (Å²) in [4.78, 5) is 11.4. The molecule has 1 unspecified atom stereocenters. The van der Waals surface area contributed by atoms with E-state index in [1.54, 1.807) is 16.9 Å². The molecule has 2 aliphatic heterocycles. The van der Waals surface area contributed by atoms with Gasteiger partial charge in [-0.3, -0.25) is 4.79 Å². The fraction of sp³-hybridized carbons (Fsp3) is 0.389. The molecule has 2 fully saturated rings. The third kappa shape index (κ3) is 3.45. The lowest BCUT2D eigenvalue weighted by Crippen LogP contribution is -2.30. The maximum absolute atomic E-state index is 15.1. The standard InChI is InChI=1S/C18H19FN2O6S/c19-17-14-8-13(27-6-4-11-3-5-26-10-11)2-1-12(14)7-15(22)18(17)21-9-16(23)20-28(21,24)25/h1-2,7-8,11,22H,3-6,9-10H2,(H,20,23). The molecule has 0 radical (unpaired) electrons. The number of carbonyl (C=O) groups is 1. The second kappa shape index (κ2) is 7.10. The molecule has 4 rings (SSSR count). The summed E-state index contributed by atoms with van der Waals surface area (Å²) < 4.78 is 52.5. The molecule has 2 aliphatic rings. The molecule has 2 aromatic carbocycles. The van der Waals surface area contributed by atoms with Gasteiger partial charge in [0.15, 0.2) is 5.82 Å². The molecule has 2 aromatic rings. The van der Waals surface area contributed by atoms with Crippen molar-refractivity contribution in [3.63, 3.8) is 0 Å². The van der Waals surface area contributed by atoms with Crippen molar-refractivity contribution in [3.05, 3.63) is 30.1 Å². The lowest BCUT2D eigenvalue weighted by atomic mass is 10.1. The van der Waals surface area contributed by atoms with Gasteiger partial charge in [-0.1, -0.05) is 6.07 Å². The number of anilines is 1. The first-order chi connectivity index (χ1) is 13.3. The number of nitrogens with zero attached hydrogens (tertiary/aromatic N) is 1. The van der Waals surface area contributed by atoms with Crippen molar-refractivity contribution < 1.29 is 32.2 Å². The SMILES string of the molecule is O=C1CN(c2c(O)cc3ccc(OCCC4CCOC4)cc3c2F)S(=O)(=O)N1. The lowest BCUT2D eigenvalue weighted by molar-refractivity contribution is -0.117. The molecular weight excluding hydrogens is 391 g/mol.